The summed E-state index contributed by atoms with van der Waals surface area (Å²) in [5.74, 6) is -0.112. The molecule has 0 aliphatic carbocycles. The highest BCUT2D eigenvalue weighted by atomic mass is 79.9. The standard InChI is InChI=1S/C11H8Br2N2OS/c12-7-1-2-8(9(13)5-7)11(16)15-6-10-14-3-4-17-10/h1-5H,6H2,(H,15,16). The Hall–Kier alpha value is -0.720. The highest BCUT2D eigenvalue weighted by molar-refractivity contribution is 9.11. The van der Waals surface area contributed by atoms with E-state index in [0.29, 0.717) is 12.1 Å². The second kappa shape index (κ2) is 5.75. The molecular formula is C11H8Br2N2OS. The molecule has 2 rings (SSSR count). The summed E-state index contributed by atoms with van der Waals surface area (Å²) < 4.78 is 1.70. The van der Waals surface area contributed by atoms with Crippen LogP contribution >= 0.6 is 43.2 Å². The zero-order valence-corrected chi connectivity index (χ0v) is 12.6. The third-order valence-corrected chi connectivity index (χ3v) is 3.99. The quantitative estimate of drug-likeness (QED) is 0.890. The summed E-state index contributed by atoms with van der Waals surface area (Å²) in [4.78, 5) is 16.0. The van der Waals surface area contributed by atoms with Crippen LogP contribution in [0.4, 0.5) is 0 Å². The van der Waals surface area contributed by atoms with Crippen molar-refractivity contribution in [2.75, 3.05) is 0 Å². The van der Waals surface area contributed by atoms with E-state index in [0.717, 1.165) is 14.0 Å². The van der Waals surface area contributed by atoms with E-state index in [4.69, 9.17) is 0 Å². The molecule has 3 nitrogen and oxygen atoms in total. The van der Waals surface area contributed by atoms with E-state index in [1.54, 1.807) is 12.3 Å². The maximum absolute atomic E-state index is 11.9. The van der Waals surface area contributed by atoms with Crippen molar-refractivity contribution in [3.63, 3.8) is 0 Å². The molecule has 0 fully saturated rings. The summed E-state index contributed by atoms with van der Waals surface area (Å²) in [5.41, 5.74) is 0.616. The Labute approximate surface area is 120 Å². The zero-order valence-electron chi connectivity index (χ0n) is 8.61. The number of rotatable bonds is 3. The first-order valence-corrected chi connectivity index (χ1v) is 7.25. The molecule has 0 saturated carbocycles. The molecule has 1 aromatic heterocycles. The summed E-state index contributed by atoms with van der Waals surface area (Å²) in [7, 11) is 0. The highest BCUT2D eigenvalue weighted by Crippen LogP contribution is 2.21. The Balaban J connectivity index is 2.04. The van der Waals surface area contributed by atoms with Gasteiger partial charge in [-0.3, -0.25) is 4.79 Å². The minimum absolute atomic E-state index is 0.112. The minimum atomic E-state index is -0.112. The molecule has 0 radical (unpaired) electrons. The van der Waals surface area contributed by atoms with E-state index in [2.05, 4.69) is 42.2 Å². The van der Waals surface area contributed by atoms with Crippen LogP contribution < -0.4 is 5.32 Å². The van der Waals surface area contributed by atoms with Crippen LogP contribution in [0.25, 0.3) is 0 Å². The van der Waals surface area contributed by atoms with E-state index in [1.165, 1.54) is 11.3 Å². The van der Waals surface area contributed by atoms with E-state index in [1.807, 2.05) is 17.5 Å². The predicted molar refractivity (Wildman–Crippen MR) is 75.1 cm³/mol. The van der Waals surface area contributed by atoms with Crippen LogP contribution in [0.5, 0.6) is 0 Å². The van der Waals surface area contributed by atoms with E-state index < -0.39 is 0 Å². The van der Waals surface area contributed by atoms with Gasteiger partial charge in [0.05, 0.1) is 12.1 Å². The Morgan fingerprint density at radius 1 is 1.41 bits per heavy atom. The number of nitrogens with one attached hydrogen (secondary N) is 1. The molecule has 17 heavy (non-hydrogen) atoms. The largest absolute Gasteiger partial charge is 0.345 e. The van der Waals surface area contributed by atoms with Gasteiger partial charge in [0.25, 0.3) is 5.91 Å². The van der Waals surface area contributed by atoms with Crippen molar-refractivity contribution in [2.24, 2.45) is 0 Å². The van der Waals surface area contributed by atoms with Gasteiger partial charge in [-0.15, -0.1) is 11.3 Å². The van der Waals surface area contributed by atoms with Crippen molar-refractivity contribution in [3.8, 4) is 0 Å². The lowest BCUT2D eigenvalue weighted by Crippen LogP contribution is -2.23. The summed E-state index contributed by atoms with van der Waals surface area (Å²) in [6.45, 7) is 0.457. The molecule has 0 spiro atoms. The van der Waals surface area contributed by atoms with Gasteiger partial charge < -0.3 is 5.32 Å². The minimum Gasteiger partial charge on any atom is -0.345 e. The first-order chi connectivity index (χ1) is 8.16. The second-order valence-electron chi connectivity index (χ2n) is 3.23. The summed E-state index contributed by atoms with van der Waals surface area (Å²) in [6, 6.07) is 5.45. The van der Waals surface area contributed by atoms with Crippen LogP contribution in [0.1, 0.15) is 15.4 Å². The number of benzene rings is 1. The first-order valence-electron chi connectivity index (χ1n) is 4.78. The van der Waals surface area contributed by atoms with Gasteiger partial charge in [-0.2, -0.15) is 0 Å². The molecule has 1 N–H and O–H groups in total. The van der Waals surface area contributed by atoms with Crippen LogP contribution in [-0.4, -0.2) is 10.9 Å². The zero-order chi connectivity index (χ0) is 12.3. The highest BCUT2D eigenvalue weighted by Gasteiger charge is 2.10. The second-order valence-corrected chi connectivity index (χ2v) is 5.98. The molecular weight excluding hydrogens is 368 g/mol. The molecule has 0 saturated heterocycles. The average molecular weight is 376 g/mol. The maximum atomic E-state index is 11.9. The Bertz CT molecular complexity index is 528. The molecule has 1 aromatic carbocycles. The van der Waals surface area contributed by atoms with Gasteiger partial charge in [0, 0.05) is 20.5 Å². The van der Waals surface area contributed by atoms with E-state index in [9.17, 15) is 4.79 Å². The molecule has 0 bridgehead atoms. The fourth-order valence-electron chi connectivity index (χ4n) is 1.27. The molecule has 0 unspecified atom stereocenters. The fraction of sp³-hybridized carbons (Fsp3) is 0.0909. The smallest absolute Gasteiger partial charge is 0.252 e. The molecule has 0 aliphatic heterocycles. The van der Waals surface area contributed by atoms with Crippen LogP contribution in [0.3, 0.4) is 0 Å². The molecule has 6 heteroatoms. The lowest BCUT2D eigenvalue weighted by atomic mass is 10.2. The molecule has 1 heterocycles. The number of hydrogen-bond donors (Lipinski definition) is 1. The van der Waals surface area contributed by atoms with Gasteiger partial charge in [-0.1, -0.05) is 15.9 Å². The number of carbonyl (C=O) groups is 1. The molecule has 1 amide bonds. The lowest BCUT2D eigenvalue weighted by molar-refractivity contribution is 0.0950. The van der Waals surface area contributed by atoms with Crippen molar-refractivity contribution in [3.05, 3.63) is 49.3 Å². The third-order valence-electron chi connectivity index (χ3n) is 2.06. The SMILES string of the molecule is O=C(NCc1nccs1)c1ccc(Br)cc1Br. The van der Waals surface area contributed by atoms with Gasteiger partial charge in [0.15, 0.2) is 0 Å². The Morgan fingerprint density at radius 2 is 2.24 bits per heavy atom. The van der Waals surface area contributed by atoms with Crippen LogP contribution in [0.2, 0.25) is 0 Å². The molecule has 2 aromatic rings. The van der Waals surface area contributed by atoms with Crippen molar-refractivity contribution in [1.82, 2.24) is 10.3 Å². The summed E-state index contributed by atoms with van der Waals surface area (Å²) >= 11 is 8.23. The van der Waals surface area contributed by atoms with Crippen molar-refractivity contribution in [1.29, 1.82) is 0 Å². The number of amides is 1. The Kier molecular flexibility index (Phi) is 4.31. The summed E-state index contributed by atoms with van der Waals surface area (Å²) in [6.07, 6.45) is 1.72. The van der Waals surface area contributed by atoms with Crippen LogP contribution in [0, 0.1) is 0 Å². The number of hydrogen-bond acceptors (Lipinski definition) is 3. The van der Waals surface area contributed by atoms with Crippen LogP contribution in [-0.2, 0) is 6.54 Å². The van der Waals surface area contributed by atoms with Gasteiger partial charge in [-0.25, -0.2) is 4.98 Å². The predicted octanol–water partition coefficient (Wildman–Crippen LogP) is 3.60. The number of aromatic nitrogens is 1. The molecule has 88 valence electrons. The number of halogens is 2. The average Bonchev–Trinajstić information content (AvgIpc) is 2.78. The fourth-order valence-corrected chi connectivity index (χ4v) is 3.05. The van der Waals surface area contributed by atoms with Gasteiger partial charge >= 0.3 is 0 Å². The molecule has 0 atom stereocenters. The Morgan fingerprint density at radius 3 is 2.88 bits per heavy atom. The van der Waals surface area contributed by atoms with Crippen molar-refractivity contribution in [2.45, 2.75) is 6.54 Å². The number of thiazole rings is 1. The van der Waals surface area contributed by atoms with E-state index in [-0.39, 0.29) is 5.91 Å². The number of nitrogens with zero attached hydrogens (tertiary/aromatic N) is 1. The van der Waals surface area contributed by atoms with Gasteiger partial charge in [0.2, 0.25) is 0 Å². The monoisotopic (exact) mass is 374 g/mol. The third kappa shape index (κ3) is 3.37. The molecule has 0 aliphatic rings. The normalized spacial score (nSPS) is 10.2. The summed E-state index contributed by atoms with van der Waals surface area (Å²) in [5, 5.41) is 5.61. The lowest BCUT2D eigenvalue weighted by Gasteiger charge is -2.05. The van der Waals surface area contributed by atoms with E-state index >= 15 is 0 Å². The maximum Gasteiger partial charge on any atom is 0.252 e. The van der Waals surface area contributed by atoms with Gasteiger partial charge in [-0.05, 0) is 34.1 Å². The van der Waals surface area contributed by atoms with Gasteiger partial charge in [0.1, 0.15) is 5.01 Å². The topological polar surface area (TPSA) is 42.0 Å². The first kappa shape index (κ1) is 12.7. The van der Waals surface area contributed by atoms with Crippen molar-refractivity contribution < 1.29 is 4.79 Å². The van der Waals surface area contributed by atoms with Crippen molar-refractivity contribution >= 4 is 49.1 Å². The van der Waals surface area contributed by atoms with Crippen LogP contribution in [0.15, 0.2) is 38.7 Å². The number of carbonyl (C=O) groups excluding carboxylic acids is 1.